The summed E-state index contributed by atoms with van der Waals surface area (Å²) in [7, 11) is -4.16. The van der Waals surface area contributed by atoms with Crippen LogP contribution in [0.4, 0.5) is 0 Å². The lowest BCUT2D eigenvalue weighted by Crippen LogP contribution is -2.45. The number of aliphatic carboxylic acids is 1. The van der Waals surface area contributed by atoms with Gasteiger partial charge in [-0.1, -0.05) is 45.4 Å². The molecule has 0 saturated heterocycles. The summed E-state index contributed by atoms with van der Waals surface area (Å²) in [4.78, 5) is 41.3. The fraction of sp³-hybridized carbons (Fsp3) is 0.406. The van der Waals surface area contributed by atoms with Crippen LogP contribution in [0.25, 0.3) is 0 Å². The van der Waals surface area contributed by atoms with Crippen molar-refractivity contribution in [3.8, 4) is 5.75 Å². The van der Waals surface area contributed by atoms with Gasteiger partial charge in [0.15, 0.2) is 17.3 Å². The summed E-state index contributed by atoms with van der Waals surface area (Å²) in [5.74, 6) is -1.74. The molecule has 5 rings (SSSR count). The van der Waals surface area contributed by atoms with Crippen LogP contribution in [0.3, 0.4) is 0 Å². The third-order valence-corrected chi connectivity index (χ3v) is 10.3. The Balaban J connectivity index is 1.63. The van der Waals surface area contributed by atoms with E-state index in [-0.39, 0.29) is 46.0 Å². The van der Waals surface area contributed by atoms with Crippen LogP contribution in [0, 0.1) is 10.8 Å². The topological polar surface area (TPSA) is 118 Å². The Hall–Kier alpha value is -2.95. The molecule has 2 aromatic rings. The van der Waals surface area contributed by atoms with Gasteiger partial charge in [-0.05, 0) is 81.6 Å². The predicted octanol–water partition coefficient (Wildman–Crippen LogP) is 7.03. The molecule has 1 heterocycles. The molecule has 0 radical (unpaired) electrons. The highest BCUT2D eigenvalue weighted by Crippen LogP contribution is 2.54. The molecule has 0 aromatic heterocycles. The van der Waals surface area contributed by atoms with Gasteiger partial charge in [0, 0.05) is 52.9 Å². The molecule has 0 spiro atoms. The molecular formula is C32H33BrClNO7S. The number of carboxylic acid groups (broad SMARTS) is 1. The van der Waals surface area contributed by atoms with Gasteiger partial charge < -0.3 is 14.2 Å². The van der Waals surface area contributed by atoms with Crippen molar-refractivity contribution in [3.63, 3.8) is 0 Å². The van der Waals surface area contributed by atoms with Crippen LogP contribution in [0.2, 0.25) is 5.02 Å². The van der Waals surface area contributed by atoms with Gasteiger partial charge in [0.05, 0.1) is 10.9 Å². The second-order valence-corrected chi connectivity index (χ2v) is 15.8. The molecule has 1 N–H and O–H groups in total. The van der Waals surface area contributed by atoms with Gasteiger partial charge >= 0.3 is 16.1 Å². The first-order chi connectivity index (χ1) is 20.0. The summed E-state index contributed by atoms with van der Waals surface area (Å²) in [6.07, 6.45) is 1.55. The lowest BCUT2D eigenvalue weighted by atomic mass is 9.63. The summed E-state index contributed by atoms with van der Waals surface area (Å²) in [5, 5.41) is 9.93. The highest BCUT2D eigenvalue weighted by atomic mass is 79.9. The minimum atomic E-state index is -4.16. The maximum atomic E-state index is 13.9. The highest BCUT2D eigenvalue weighted by Gasteiger charge is 2.49. The number of carboxylic acids is 1. The van der Waals surface area contributed by atoms with Crippen molar-refractivity contribution in [2.24, 2.45) is 10.8 Å². The Morgan fingerprint density at radius 2 is 1.49 bits per heavy atom. The number of allylic oxidation sites excluding steroid dienone is 4. The summed E-state index contributed by atoms with van der Waals surface area (Å²) in [6, 6.07) is 10.5. The summed E-state index contributed by atoms with van der Waals surface area (Å²) in [5.41, 5.74) is 2.49. The molecule has 0 fully saturated rings. The molecule has 1 aliphatic heterocycles. The number of ketones is 2. The van der Waals surface area contributed by atoms with Gasteiger partial charge in [-0.2, -0.15) is 8.42 Å². The molecule has 0 amide bonds. The maximum absolute atomic E-state index is 13.9. The largest absolute Gasteiger partial charge is 0.481 e. The molecular weight excluding hydrogens is 658 g/mol. The van der Waals surface area contributed by atoms with E-state index in [0.717, 1.165) is 11.4 Å². The zero-order chi connectivity index (χ0) is 31.5. The number of carbonyl (C=O) groups is 3. The van der Waals surface area contributed by atoms with Crippen LogP contribution in [0.15, 0.2) is 74.4 Å². The minimum Gasteiger partial charge on any atom is -0.481 e. The van der Waals surface area contributed by atoms with Crippen LogP contribution < -0.4 is 4.18 Å². The first kappa shape index (κ1) is 31.5. The van der Waals surface area contributed by atoms with Crippen LogP contribution in [-0.4, -0.2) is 42.5 Å². The fourth-order valence-electron chi connectivity index (χ4n) is 6.39. The van der Waals surface area contributed by atoms with Crippen molar-refractivity contribution < 1.29 is 32.1 Å². The lowest BCUT2D eigenvalue weighted by molar-refractivity contribution is -0.137. The Labute approximate surface area is 265 Å². The van der Waals surface area contributed by atoms with Crippen molar-refractivity contribution in [3.05, 3.63) is 80.1 Å². The predicted molar refractivity (Wildman–Crippen MR) is 165 cm³/mol. The standard InChI is InChI=1S/C32H33BrClNO7S/c1-31(2)14-22-29(24(36)16-31)28(30-23(35(22)12-11-27(38)39)15-32(3,4)17-25(30)37)18-5-10-26(21(33)13-18)42-43(40,41)20-8-6-19(34)7-9-20/h5-10,13,28H,11-12,14-17H2,1-4H3,(H,38,39). The normalized spacial score (nSPS) is 20.2. The Morgan fingerprint density at radius 1 is 0.953 bits per heavy atom. The van der Waals surface area contributed by atoms with Gasteiger partial charge in [-0.25, -0.2) is 0 Å². The Kier molecular flexibility index (Phi) is 8.20. The average molecular weight is 691 g/mol. The number of carbonyl (C=O) groups excluding carboxylic acids is 2. The van der Waals surface area contributed by atoms with E-state index in [9.17, 15) is 27.9 Å². The molecule has 0 bridgehead atoms. The van der Waals surface area contributed by atoms with E-state index in [0.29, 0.717) is 51.9 Å². The molecule has 0 unspecified atom stereocenters. The molecule has 43 heavy (non-hydrogen) atoms. The van der Waals surface area contributed by atoms with E-state index in [4.69, 9.17) is 15.8 Å². The Bertz CT molecular complexity index is 1650. The average Bonchev–Trinajstić information content (AvgIpc) is 2.87. The summed E-state index contributed by atoms with van der Waals surface area (Å²) in [6.45, 7) is 8.22. The van der Waals surface area contributed by atoms with Crippen molar-refractivity contribution in [1.82, 2.24) is 4.90 Å². The number of nitrogens with zero attached hydrogens (tertiary/aromatic N) is 1. The number of benzene rings is 2. The minimum absolute atomic E-state index is 0.0493. The smallest absolute Gasteiger partial charge is 0.339 e. The van der Waals surface area contributed by atoms with E-state index in [1.165, 1.54) is 30.3 Å². The first-order valence-electron chi connectivity index (χ1n) is 14.0. The number of hydrogen-bond acceptors (Lipinski definition) is 7. The van der Waals surface area contributed by atoms with Gasteiger partial charge in [0.1, 0.15) is 4.90 Å². The number of Topliss-reactive ketones (excluding diaryl/α,β-unsaturated/α-hetero) is 2. The van der Waals surface area contributed by atoms with Gasteiger partial charge in [0.2, 0.25) is 0 Å². The highest BCUT2D eigenvalue weighted by molar-refractivity contribution is 9.10. The lowest BCUT2D eigenvalue weighted by Gasteiger charge is -2.49. The van der Waals surface area contributed by atoms with Gasteiger partial charge in [-0.3, -0.25) is 14.4 Å². The zero-order valence-corrected chi connectivity index (χ0v) is 27.5. The van der Waals surface area contributed by atoms with Crippen molar-refractivity contribution in [2.45, 2.75) is 70.6 Å². The van der Waals surface area contributed by atoms with Gasteiger partial charge in [0.25, 0.3) is 0 Å². The molecule has 11 heteroatoms. The van der Waals surface area contributed by atoms with Gasteiger partial charge in [-0.15, -0.1) is 0 Å². The van der Waals surface area contributed by atoms with Crippen LogP contribution >= 0.6 is 27.5 Å². The monoisotopic (exact) mass is 689 g/mol. The van der Waals surface area contributed by atoms with Crippen molar-refractivity contribution in [1.29, 1.82) is 0 Å². The molecule has 228 valence electrons. The van der Waals surface area contributed by atoms with Crippen LogP contribution in [-0.2, 0) is 24.5 Å². The van der Waals surface area contributed by atoms with Crippen molar-refractivity contribution in [2.75, 3.05) is 6.54 Å². The molecule has 8 nitrogen and oxygen atoms in total. The quantitative estimate of drug-likeness (QED) is 0.308. The second-order valence-electron chi connectivity index (χ2n) is 13.0. The number of hydrogen-bond donors (Lipinski definition) is 1. The number of rotatable bonds is 7. The third kappa shape index (κ3) is 6.33. The fourth-order valence-corrected chi connectivity index (χ4v) is 8.05. The molecule has 2 aliphatic carbocycles. The molecule has 0 atom stereocenters. The second kappa shape index (κ2) is 11.2. The van der Waals surface area contributed by atoms with E-state index in [1.54, 1.807) is 12.1 Å². The Morgan fingerprint density at radius 3 is 1.98 bits per heavy atom. The third-order valence-electron chi connectivity index (χ3n) is 8.16. The summed E-state index contributed by atoms with van der Waals surface area (Å²) < 4.78 is 31.7. The molecule has 3 aliphatic rings. The molecule has 0 saturated carbocycles. The summed E-state index contributed by atoms with van der Waals surface area (Å²) >= 11 is 9.36. The zero-order valence-electron chi connectivity index (χ0n) is 24.4. The maximum Gasteiger partial charge on any atom is 0.339 e. The number of halogens is 2. The van der Waals surface area contributed by atoms with E-state index >= 15 is 0 Å². The van der Waals surface area contributed by atoms with Crippen LogP contribution in [0.5, 0.6) is 5.75 Å². The SMILES string of the molecule is CC1(C)CC(=O)C2=C(C1)N(CCC(=O)O)C1=C(C(=O)CC(C)(C)C1)C2c1ccc(OS(=O)(=O)c2ccc(Cl)cc2)c(Br)c1. The molecule has 2 aromatic carbocycles. The van der Waals surface area contributed by atoms with E-state index in [1.807, 2.05) is 32.6 Å². The van der Waals surface area contributed by atoms with E-state index < -0.39 is 22.0 Å². The van der Waals surface area contributed by atoms with Crippen molar-refractivity contribution >= 4 is 55.2 Å². The van der Waals surface area contributed by atoms with E-state index in [2.05, 4.69) is 15.9 Å². The van der Waals surface area contributed by atoms with Crippen LogP contribution in [0.1, 0.15) is 71.3 Å². The first-order valence-corrected chi connectivity index (χ1v) is 16.6.